The van der Waals surface area contributed by atoms with Gasteiger partial charge in [-0.05, 0) is 30.4 Å². The molecule has 0 bridgehead atoms. The van der Waals surface area contributed by atoms with E-state index in [-0.39, 0.29) is 24.3 Å². The fourth-order valence-electron chi connectivity index (χ4n) is 3.11. The average molecular weight is 369 g/mol. The molecule has 0 spiro atoms. The van der Waals surface area contributed by atoms with Crippen LogP contribution in [0.25, 0.3) is 0 Å². The van der Waals surface area contributed by atoms with E-state index in [0.29, 0.717) is 19.4 Å². The molecule has 0 saturated carbocycles. The van der Waals surface area contributed by atoms with Crippen LogP contribution in [0.4, 0.5) is 0 Å². The number of carbonyl (C=O) groups is 2. The Balaban J connectivity index is 1.99. The van der Waals surface area contributed by atoms with Gasteiger partial charge in [0.15, 0.2) is 0 Å². The number of aliphatic hydroxyl groups excluding tert-OH is 1. The number of nitrogens with zero attached hydrogens (tertiary/aromatic N) is 1. The second kappa shape index (κ2) is 9.94. The predicted octanol–water partition coefficient (Wildman–Crippen LogP) is 2.77. The highest BCUT2D eigenvalue weighted by atomic mass is 16.4. The summed E-state index contributed by atoms with van der Waals surface area (Å²) in [6.07, 6.45) is 4.98. The predicted molar refractivity (Wildman–Crippen MR) is 104 cm³/mol. The van der Waals surface area contributed by atoms with Crippen molar-refractivity contribution < 1.29 is 19.8 Å². The van der Waals surface area contributed by atoms with Crippen LogP contribution >= 0.6 is 0 Å². The van der Waals surface area contributed by atoms with Gasteiger partial charge in [0.25, 0.3) is 0 Å². The summed E-state index contributed by atoms with van der Waals surface area (Å²) in [5, 5.41) is 19.1. The highest BCUT2D eigenvalue weighted by Crippen LogP contribution is 2.23. The Morgan fingerprint density at radius 2 is 2.00 bits per heavy atom. The lowest BCUT2D eigenvalue weighted by molar-refractivity contribution is -0.136. The van der Waals surface area contributed by atoms with Crippen molar-refractivity contribution in [3.8, 4) is 11.8 Å². The number of likely N-dealkylation sites (tertiary alicyclic amines) is 1. The molecule has 5 heteroatoms. The van der Waals surface area contributed by atoms with Gasteiger partial charge in [-0.2, -0.15) is 0 Å². The number of rotatable bonds is 8. The van der Waals surface area contributed by atoms with Gasteiger partial charge in [-0.15, -0.1) is 11.8 Å². The highest BCUT2D eigenvalue weighted by Gasteiger charge is 2.29. The topological polar surface area (TPSA) is 77.8 Å². The van der Waals surface area contributed by atoms with E-state index < -0.39 is 12.1 Å². The second-order valence-electron chi connectivity index (χ2n) is 7.00. The number of aliphatic carboxylic acids is 1. The summed E-state index contributed by atoms with van der Waals surface area (Å²) in [5.41, 5.74) is 1.70. The van der Waals surface area contributed by atoms with Gasteiger partial charge in [0, 0.05) is 19.4 Å². The monoisotopic (exact) mass is 369 g/mol. The smallest absolute Gasteiger partial charge is 0.307 e. The fourth-order valence-corrected chi connectivity index (χ4v) is 3.11. The minimum atomic E-state index is -0.861. The molecular weight excluding hydrogens is 342 g/mol. The molecule has 5 nitrogen and oxygen atoms in total. The molecule has 27 heavy (non-hydrogen) atoms. The molecule has 1 saturated heterocycles. The SMILES string of the molecule is CC#CCC(C)[C@H](O)/C=C/[C@H]1CCC(=O)N1Cc1ccc(CC(=O)O)cc1. The minimum Gasteiger partial charge on any atom is -0.481 e. The van der Waals surface area contributed by atoms with Gasteiger partial charge in [0.2, 0.25) is 5.91 Å². The van der Waals surface area contributed by atoms with E-state index in [0.717, 1.165) is 17.5 Å². The van der Waals surface area contributed by atoms with Gasteiger partial charge in [-0.3, -0.25) is 9.59 Å². The number of carbonyl (C=O) groups excluding carboxylic acids is 1. The lowest BCUT2D eigenvalue weighted by atomic mass is 10.00. The van der Waals surface area contributed by atoms with Crippen LogP contribution in [0.3, 0.4) is 0 Å². The normalized spacial score (nSPS) is 19.0. The molecule has 3 atom stereocenters. The van der Waals surface area contributed by atoms with Crippen LogP contribution in [0.15, 0.2) is 36.4 Å². The molecule has 2 rings (SSSR count). The summed E-state index contributed by atoms with van der Waals surface area (Å²) in [7, 11) is 0. The number of amides is 1. The zero-order chi connectivity index (χ0) is 19.8. The van der Waals surface area contributed by atoms with Crippen molar-refractivity contribution in [1.29, 1.82) is 0 Å². The third-order valence-electron chi connectivity index (χ3n) is 4.82. The van der Waals surface area contributed by atoms with Crippen LogP contribution in [-0.4, -0.2) is 39.1 Å². The molecule has 1 aromatic carbocycles. The molecule has 1 aromatic rings. The zero-order valence-electron chi connectivity index (χ0n) is 15.9. The summed E-state index contributed by atoms with van der Waals surface area (Å²) in [4.78, 5) is 24.8. The first-order valence-electron chi connectivity index (χ1n) is 9.25. The number of aliphatic hydroxyl groups is 1. The molecule has 1 fully saturated rings. The van der Waals surface area contributed by atoms with Gasteiger partial charge in [-0.1, -0.05) is 43.3 Å². The fraction of sp³-hybridized carbons (Fsp3) is 0.455. The van der Waals surface area contributed by atoms with Crippen LogP contribution in [0.5, 0.6) is 0 Å². The number of hydrogen-bond acceptors (Lipinski definition) is 3. The van der Waals surface area contributed by atoms with Gasteiger partial charge in [0.05, 0.1) is 18.6 Å². The van der Waals surface area contributed by atoms with Crippen LogP contribution in [-0.2, 0) is 22.6 Å². The Bertz CT molecular complexity index is 742. The molecule has 1 unspecified atom stereocenters. The lowest BCUT2D eigenvalue weighted by Crippen LogP contribution is -2.31. The van der Waals surface area contributed by atoms with Crippen molar-refractivity contribution in [3.63, 3.8) is 0 Å². The first kappa shape index (κ1) is 20.7. The molecule has 1 heterocycles. The molecule has 1 amide bonds. The van der Waals surface area contributed by atoms with Crippen molar-refractivity contribution in [3.05, 3.63) is 47.5 Å². The molecule has 2 N–H and O–H groups in total. The maximum absolute atomic E-state index is 12.3. The summed E-state index contributed by atoms with van der Waals surface area (Å²) in [5.74, 6) is 5.09. The number of carboxylic acid groups (broad SMARTS) is 1. The van der Waals surface area contributed by atoms with Crippen LogP contribution < -0.4 is 0 Å². The zero-order valence-corrected chi connectivity index (χ0v) is 15.9. The lowest BCUT2D eigenvalue weighted by Gasteiger charge is -2.23. The first-order chi connectivity index (χ1) is 12.9. The van der Waals surface area contributed by atoms with E-state index >= 15 is 0 Å². The molecule has 1 aliphatic heterocycles. The maximum atomic E-state index is 12.3. The van der Waals surface area contributed by atoms with Crippen LogP contribution in [0.2, 0.25) is 0 Å². The molecular formula is C22H27NO4. The number of benzene rings is 1. The van der Waals surface area contributed by atoms with Gasteiger partial charge < -0.3 is 15.1 Å². The van der Waals surface area contributed by atoms with E-state index in [9.17, 15) is 14.7 Å². The first-order valence-corrected chi connectivity index (χ1v) is 9.25. The van der Waals surface area contributed by atoms with Crippen LogP contribution in [0, 0.1) is 17.8 Å². The molecule has 0 aliphatic carbocycles. The third-order valence-corrected chi connectivity index (χ3v) is 4.82. The average Bonchev–Trinajstić information content (AvgIpc) is 2.98. The highest BCUT2D eigenvalue weighted by molar-refractivity contribution is 5.79. The number of carboxylic acids is 1. The third kappa shape index (κ3) is 6.26. The summed E-state index contributed by atoms with van der Waals surface area (Å²) >= 11 is 0. The minimum absolute atomic E-state index is 0.00717. The van der Waals surface area contributed by atoms with Crippen LogP contribution in [0.1, 0.15) is 44.2 Å². The second-order valence-corrected chi connectivity index (χ2v) is 7.00. The van der Waals surface area contributed by atoms with E-state index in [1.54, 1.807) is 25.1 Å². The van der Waals surface area contributed by atoms with Crippen molar-refractivity contribution in [2.75, 3.05) is 0 Å². The van der Waals surface area contributed by atoms with Gasteiger partial charge >= 0.3 is 5.97 Å². The molecule has 1 aliphatic rings. The maximum Gasteiger partial charge on any atom is 0.307 e. The van der Waals surface area contributed by atoms with E-state index in [4.69, 9.17) is 5.11 Å². The van der Waals surface area contributed by atoms with Crippen molar-refractivity contribution in [2.24, 2.45) is 5.92 Å². The summed E-state index contributed by atoms with van der Waals surface area (Å²) in [6, 6.07) is 7.27. The molecule has 144 valence electrons. The Morgan fingerprint density at radius 1 is 1.33 bits per heavy atom. The van der Waals surface area contributed by atoms with E-state index in [2.05, 4.69) is 11.8 Å². The van der Waals surface area contributed by atoms with Crippen molar-refractivity contribution in [1.82, 2.24) is 4.90 Å². The molecule has 0 radical (unpaired) electrons. The van der Waals surface area contributed by atoms with Crippen molar-refractivity contribution >= 4 is 11.9 Å². The Hall–Kier alpha value is -2.58. The summed E-state index contributed by atoms with van der Waals surface area (Å²) < 4.78 is 0. The van der Waals surface area contributed by atoms with Crippen molar-refractivity contribution in [2.45, 2.75) is 58.2 Å². The molecule has 0 aromatic heterocycles. The van der Waals surface area contributed by atoms with Gasteiger partial charge in [-0.25, -0.2) is 0 Å². The van der Waals surface area contributed by atoms with E-state index in [1.165, 1.54) is 0 Å². The Morgan fingerprint density at radius 3 is 2.63 bits per heavy atom. The van der Waals surface area contributed by atoms with Gasteiger partial charge in [0.1, 0.15) is 0 Å². The Labute approximate surface area is 160 Å². The number of hydrogen-bond donors (Lipinski definition) is 2. The Kier molecular flexibility index (Phi) is 7.63. The summed E-state index contributed by atoms with van der Waals surface area (Å²) in [6.45, 7) is 4.22. The quantitative estimate of drug-likeness (QED) is 0.546. The largest absolute Gasteiger partial charge is 0.481 e. The standard InChI is InChI=1S/C22H27NO4/c1-3-4-5-16(2)20(24)12-10-19-11-13-21(25)23(19)15-18-8-6-17(7-9-18)14-22(26)27/h6-10,12,16,19-20,24H,5,11,13-15H2,1-2H3,(H,26,27)/b12-10+/t16?,19-,20+/m0/s1. The van der Waals surface area contributed by atoms with E-state index in [1.807, 2.05) is 30.0 Å².